The Morgan fingerprint density at radius 1 is 1.43 bits per heavy atom. The number of benzene rings is 1. The zero-order valence-electron chi connectivity index (χ0n) is 13.3. The van der Waals surface area contributed by atoms with Crippen molar-refractivity contribution in [3.63, 3.8) is 0 Å². The van der Waals surface area contributed by atoms with Crippen LogP contribution < -0.4 is 0 Å². The molecule has 1 aromatic heterocycles. The van der Waals surface area contributed by atoms with E-state index in [1.165, 1.54) is 12.1 Å². The SMILES string of the molecule is CCN1C[C@H](C(=O)N(C)Cc2cc3cc(F)ccc3[nH]2)CC1=O. The third kappa shape index (κ3) is 3.06. The summed E-state index contributed by atoms with van der Waals surface area (Å²) in [5, 5.41) is 0.786. The van der Waals surface area contributed by atoms with Crippen LogP contribution in [0.2, 0.25) is 0 Å². The van der Waals surface area contributed by atoms with E-state index < -0.39 is 0 Å². The van der Waals surface area contributed by atoms with Gasteiger partial charge in [-0.05, 0) is 31.2 Å². The summed E-state index contributed by atoms with van der Waals surface area (Å²) in [7, 11) is 1.73. The van der Waals surface area contributed by atoms with Gasteiger partial charge in [0.05, 0.1) is 12.5 Å². The number of hydrogen-bond donors (Lipinski definition) is 1. The number of carbonyl (C=O) groups excluding carboxylic acids is 2. The molecule has 1 N–H and O–H groups in total. The normalized spacial score (nSPS) is 18.0. The highest BCUT2D eigenvalue weighted by Crippen LogP contribution is 2.21. The van der Waals surface area contributed by atoms with Crippen LogP contribution in [0.3, 0.4) is 0 Å². The van der Waals surface area contributed by atoms with Gasteiger partial charge in [-0.1, -0.05) is 0 Å². The van der Waals surface area contributed by atoms with E-state index in [2.05, 4.69) is 4.98 Å². The van der Waals surface area contributed by atoms with Crippen LogP contribution in [0.25, 0.3) is 10.9 Å². The third-order valence-electron chi connectivity index (χ3n) is 4.37. The van der Waals surface area contributed by atoms with E-state index in [0.29, 0.717) is 19.6 Å². The molecule has 2 amide bonds. The number of aromatic amines is 1. The summed E-state index contributed by atoms with van der Waals surface area (Å²) in [6, 6.07) is 6.40. The average molecular weight is 317 g/mol. The number of aromatic nitrogens is 1. The highest BCUT2D eigenvalue weighted by atomic mass is 19.1. The second-order valence-corrected chi connectivity index (χ2v) is 6.05. The molecule has 0 unspecified atom stereocenters. The summed E-state index contributed by atoms with van der Waals surface area (Å²) in [6.45, 7) is 3.46. The molecule has 1 fully saturated rings. The van der Waals surface area contributed by atoms with Crippen LogP contribution in [0.4, 0.5) is 4.39 Å². The summed E-state index contributed by atoms with van der Waals surface area (Å²) >= 11 is 0. The van der Waals surface area contributed by atoms with Gasteiger partial charge in [0.1, 0.15) is 5.82 Å². The topological polar surface area (TPSA) is 56.4 Å². The van der Waals surface area contributed by atoms with Crippen LogP contribution in [0, 0.1) is 11.7 Å². The summed E-state index contributed by atoms with van der Waals surface area (Å²) in [5.41, 5.74) is 1.69. The highest BCUT2D eigenvalue weighted by Gasteiger charge is 2.34. The fourth-order valence-electron chi connectivity index (χ4n) is 3.14. The lowest BCUT2D eigenvalue weighted by molar-refractivity contribution is -0.135. The monoisotopic (exact) mass is 317 g/mol. The van der Waals surface area contributed by atoms with Crippen molar-refractivity contribution >= 4 is 22.7 Å². The quantitative estimate of drug-likeness (QED) is 0.939. The van der Waals surface area contributed by atoms with Gasteiger partial charge in [-0.2, -0.15) is 0 Å². The molecule has 1 aliphatic heterocycles. The highest BCUT2D eigenvalue weighted by molar-refractivity contribution is 5.89. The molecule has 0 spiro atoms. The first-order chi connectivity index (χ1) is 11.0. The van der Waals surface area contributed by atoms with Crippen molar-refractivity contribution in [2.45, 2.75) is 19.9 Å². The van der Waals surface area contributed by atoms with Gasteiger partial charge in [-0.3, -0.25) is 9.59 Å². The van der Waals surface area contributed by atoms with Gasteiger partial charge < -0.3 is 14.8 Å². The summed E-state index contributed by atoms with van der Waals surface area (Å²) in [6.07, 6.45) is 0.287. The first kappa shape index (κ1) is 15.5. The number of H-pyrrole nitrogens is 1. The number of hydrogen-bond acceptors (Lipinski definition) is 2. The van der Waals surface area contributed by atoms with Gasteiger partial charge in [0.15, 0.2) is 0 Å². The van der Waals surface area contributed by atoms with Crippen molar-refractivity contribution in [1.29, 1.82) is 0 Å². The number of nitrogens with one attached hydrogen (secondary N) is 1. The number of likely N-dealkylation sites (tertiary alicyclic amines) is 1. The average Bonchev–Trinajstić information content (AvgIpc) is 3.08. The molecule has 2 heterocycles. The number of rotatable bonds is 4. The molecule has 1 aromatic carbocycles. The molecule has 1 atom stereocenters. The number of carbonyl (C=O) groups is 2. The first-order valence-corrected chi connectivity index (χ1v) is 7.78. The molecule has 5 nitrogen and oxygen atoms in total. The molecule has 2 aromatic rings. The van der Waals surface area contributed by atoms with Gasteiger partial charge >= 0.3 is 0 Å². The maximum atomic E-state index is 13.2. The molecular formula is C17H20FN3O2. The Morgan fingerprint density at radius 3 is 2.91 bits per heavy atom. The van der Waals surface area contributed by atoms with E-state index >= 15 is 0 Å². The lowest BCUT2D eigenvalue weighted by atomic mass is 10.1. The van der Waals surface area contributed by atoms with E-state index in [4.69, 9.17) is 0 Å². The summed E-state index contributed by atoms with van der Waals surface area (Å²) < 4.78 is 13.2. The molecule has 0 aliphatic carbocycles. The Labute approximate surface area is 134 Å². The van der Waals surface area contributed by atoms with Crippen molar-refractivity contribution in [3.05, 3.63) is 35.8 Å². The summed E-state index contributed by atoms with van der Waals surface area (Å²) in [4.78, 5) is 30.8. The van der Waals surface area contributed by atoms with Crippen molar-refractivity contribution in [1.82, 2.24) is 14.8 Å². The lowest BCUT2D eigenvalue weighted by Crippen LogP contribution is -2.34. The maximum Gasteiger partial charge on any atom is 0.228 e. The molecule has 1 aliphatic rings. The minimum absolute atomic E-state index is 0.0286. The predicted molar refractivity (Wildman–Crippen MR) is 85.1 cm³/mol. The van der Waals surface area contributed by atoms with Crippen LogP contribution in [-0.2, 0) is 16.1 Å². The van der Waals surface area contributed by atoms with Gasteiger partial charge in [0, 0.05) is 43.2 Å². The van der Waals surface area contributed by atoms with Gasteiger partial charge in [0.2, 0.25) is 11.8 Å². The zero-order valence-corrected chi connectivity index (χ0v) is 13.3. The fraction of sp³-hybridized carbons (Fsp3) is 0.412. The van der Waals surface area contributed by atoms with Crippen molar-refractivity contribution in [2.75, 3.05) is 20.1 Å². The molecule has 122 valence electrons. The van der Waals surface area contributed by atoms with E-state index in [1.54, 1.807) is 22.9 Å². The Balaban J connectivity index is 1.69. The molecule has 0 radical (unpaired) electrons. The van der Waals surface area contributed by atoms with Crippen molar-refractivity contribution in [2.24, 2.45) is 5.92 Å². The summed E-state index contributed by atoms with van der Waals surface area (Å²) in [5.74, 6) is -0.537. The second-order valence-electron chi connectivity index (χ2n) is 6.05. The van der Waals surface area contributed by atoms with Crippen molar-refractivity contribution in [3.8, 4) is 0 Å². The van der Waals surface area contributed by atoms with Crippen molar-refractivity contribution < 1.29 is 14.0 Å². The molecule has 6 heteroatoms. The van der Waals surface area contributed by atoms with Crippen LogP contribution in [0.15, 0.2) is 24.3 Å². The van der Waals surface area contributed by atoms with Crippen LogP contribution in [0.5, 0.6) is 0 Å². The molecule has 1 saturated heterocycles. The van der Waals surface area contributed by atoms with E-state index in [-0.39, 0.29) is 30.0 Å². The second kappa shape index (κ2) is 6.02. The van der Waals surface area contributed by atoms with Crippen LogP contribution in [0.1, 0.15) is 19.0 Å². The van der Waals surface area contributed by atoms with Gasteiger partial charge in [-0.25, -0.2) is 4.39 Å². The lowest BCUT2D eigenvalue weighted by Gasteiger charge is -2.20. The van der Waals surface area contributed by atoms with E-state index in [1.807, 2.05) is 13.0 Å². The Kier molecular flexibility index (Phi) is 4.07. The Hall–Kier alpha value is -2.37. The number of halogens is 1. The standard InChI is InChI=1S/C17H20FN3O2/c1-3-21-9-12(8-16(21)22)17(23)20(2)10-14-7-11-6-13(18)4-5-15(11)19-14/h4-7,12,19H,3,8-10H2,1-2H3/t12-/m1/s1. The fourth-order valence-corrected chi connectivity index (χ4v) is 3.14. The minimum atomic E-state index is -0.281. The molecular weight excluding hydrogens is 297 g/mol. The van der Waals surface area contributed by atoms with Crippen LogP contribution in [-0.4, -0.2) is 46.7 Å². The van der Waals surface area contributed by atoms with Crippen LogP contribution >= 0.6 is 0 Å². The zero-order chi connectivity index (χ0) is 16.6. The number of nitrogens with zero attached hydrogens (tertiary/aromatic N) is 2. The van der Waals surface area contributed by atoms with E-state index in [9.17, 15) is 14.0 Å². The predicted octanol–water partition coefficient (Wildman–Crippen LogP) is 2.13. The Bertz CT molecular complexity index is 755. The van der Waals surface area contributed by atoms with E-state index in [0.717, 1.165) is 16.6 Å². The molecule has 0 bridgehead atoms. The third-order valence-corrected chi connectivity index (χ3v) is 4.37. The van der Waals surface area contributed by atoms with Gasteiger partial charge in [0.25, 0.3) is 0 Å². The van der Waals surface area contributed by atoms with Gasteiger partial charge in [-0.15, -0.1) is 0 Å². The largest absolute Gasteiger partial charge is 0.357 e. The number of amides is 2. The first-order valence-electron chi connectivity index (χ1n) is 7.78. The Morgan fingerprint density at radius 2 is 2.22 bits per heavy atom. The smallest absolute Gasteiger partial charge is 0.228 e. The molecule has 0 saturated carbocycles. The molecule has 23 heavy (non-hydrogen) atoms. The number of fused-ring (bicyclic) bond motifs is 1. The maximum absolute atomic E-state index is 13.2. The minimum Gasteiger partial charge on any atom is -0.357 e. The molecule has 3 rings (SSSR count).